The highest BCUT2D eigenvalue weighted by atomic mass is 16.4. The van der Waals surface area contributed by atoms with E-state index in [-0.39, 0.29) is 6.61 Å². The first-order valence-corrected chi connectivity index (χ1v) is 6.18. The van der Waals surface area contributed by atoms with Crippen LogP contribution in [-0.2, 0) is 6.54 Å². The summed E-state index contributed by atoms with van der Waals surface area (Å²) in [6.45, 7) is 2.86. The maximum Gasteiger partial charge on any atom is 0.209 e. The van der Waals surface area contributed by atoms with Gasteiger partial charge in [-0.2, -0.15) is 0 Å². The van der Waals surface area contributed by atoms with Crippen LogP contribution in [0.1, 0.15) is 5.89 Å². The van der Waals surface area contributed by atoms with Crippen LogP contribution in [0.15, 0.2) is 40.9 Å². The van der Waals surface area contributed by atoms with Crippen LogP contribution in [0.5, 0.6) is 0 Å². The number of aliphatic hydroxyl groups excluding tert-OH is 1. The first kappa shape index (κ1) is 11.4. The fourth-order valence-corrected chi connectivity index (χ4v) is 2.23. The van der Waals surface area contributed by atoms with Gasteiger partial charge in [-0.1, -0.05) is 30.3 Å². The molecule has 2 aromatic rings. The van der Waals surface area contributed by atoms with Gasteiger partial charge in [-0.25, -0.2) is 4.98 Å². The zero-order valence-electron chi connectivity index (χ0n) is 10.1. The van der Waals surface area contributed by atoms with E-state index in [1.54, 1.807) is 6.20 Å². The standard InChI is InChI=1S/C14H16N2O2/c17-10-11-7-16(8-11)9-14-15-6-13(18-14)12-4-2-1-3-5-12/h1-6,11,17H,7-10H2. The first-order valence-electron chi connectivity index (χ1n) is 6.18. The molecule has 4 nitrogen and oxygen atoms in total. The number of aromatic nitrogens is 1. The van der Waals surface area contributed by atoms with E-state index >= 15 is 0 Å². The van der Waals surface area contributed by atoms with E-state index in [4.69, 9.17) is 9.52 Å². The van der Waals surface area contributed by atoms with Crippen molar-refractivity contribution in [2.24, 2.45) is 5.92 Å². The molecule has 0 aliphatic carbocycles. The summed E-state index contributed by atoms with van der Waals surface area (Å²) in [7, 11) is 0. The minimum atomic E-state index is 0.275. The van der Waals surface area contributed by atoms with Crippen LogP contribution in [0.25, 0.3) is 11.3 Å². The van der Waals surface area contributed by atoms with Gasteiger partial charge in [0.25, 0.3) is 0 Å². The summed E-state index contributed by atoms with van der Waals surface area (Å²) in [5.41, 5.74) is 1.05. The second kappa shape index (κ2) is 4.92. The highest BCUT2D eigenvalue weighted by Crippen LogP contribution is 2.22. The smallest absolute Gasteiger partial charge is 0.209 e. The fraction of sp³-hybridized carbons (Fsp3) is 0.357. The monoisotopic (exact) mass is 244 g/mol. The molecule has 1 aromatic carbocycles. The largest absolute Gasteiger partial charge is 0.439 e. The average molecular weight is 244 g/mol. The summed E-state index contributed by atoms with van der Waals surface area (Å²) in [6.07, 6.45) is 1.77. The maximum atomic E-state index is 8.96. The van der Waals surface area contributed by atoms with E-state index in [1.165, 1.54) is 0 Å². The van der Waals surface area contributed by atoms with Crippen molar-refractivity contribution in [3.63, 3.8) is 0 Å². The molecule has 2 heterocycles. The average Bonchev–Trinajstić information content (AvgIpc) is 2.83. The zero-order chi connectivity index (χ0) is 12.4. The molecule has 1 aromatic heterocycles. The van der Waals surface area contributed by atoms with Gasteiger partial charge in [-0.05, 0) is 0 Å². The number of hydrogen-bond donors (Lipinski definition) is 1. The Labute approximate surface area is 106 Å². The summed E-state index contributed by atoms with van der Waals surface area (Å²) in [5.74, 6) is 1.98. The summed E-state index contributed by atoms with van der Waals surface area (Å²) >= 11 is 0. The molecule has 94 valence electrons. The van der Waals surface area contributed by atoms with Crippen molar-refractivity contribution in [1.82, 2.24) is 9.88 Å². The van der Waals surface area contributed by atoms with Crippen LogP contribution < -0.4 is 0 Å². The van der Waals surface area contributed by atoms with Crippen molar-refractivity contribution in [1.29, 1.82) is 0 Å². The zero-order valence-corrected chi connectivity index (χ0v) is 10.1. The normalized spacial score (nSPS) is 16.7. The van der Waals surface area contributed by atoms with E-state index in [9.17, 15) is 0 Å². The summed E-state index contributed by atoms with van der Waals surface area (Å²) in [6, 6.07) is 9.97. The second-order valence-electron chi connectivity index (χ2n) is 4.73. The highest BCUT2D eigenvalue weighted by molar-refractivity contribution is 5.55. The molecule has 0 atom stereocenters. The molecule has 0 unspecified atom stereocenters. The van der Waals surface area contributed by atoms with Gasteiger partial charge in [0.2, 0.25) is 5.89 Å². The molecule has 0 bridgehead atoms. The predicted octanol–water partition coefficient (Wildman–Crippen LogP) is 1.77. The third-order valence-corrected chi connectivity index (χ3v) is 3.26. The molecule has 1 aliphatic heterocycles. The van der Waals surface area contributed by atoms with Crippen molar-refractivity contribution in [3.8, 4) is 11.3 Å². The molecule has 1 fully saturated rings. The fourth-order valence-electron chi connectivity index (χ4n) is 2.23. The molecule has 1 saturated heterocycles. The summed E-state index contributed by atoms with van der Waals surface area (Å²) < 4.78 is 5.73. The van der Waals surface area contributed by atoms with E-state index in [2.05, 4.69) is 9.88 Å². The van der Waals surface area contributed by atoms with Gasteiger partial charge in [0.1, 0.15) is 0 Å². The lowest BCUT2D eigenvalue weighted by Crippen LogP contribution is -2.47. The number of oxazole rings is 1. The minimum absolute atomic E-state index is 0.275. The molecule has 4 heteroatoms. The highest BCUT2D eigenvalue weighted by Gasteiger charge is 2.26. The van der Waals surface area contributed by atoms with Crippen LogP contribution in [0.3, 0.4) is 0 Å². The molecule has 1 N–H and O–H groups in total. The number of likely N-dealkylation sites (tertiary alicyclic amines) is 1. The topological polar surface area (TPSA) is 49.5 Å². The molecule has 1 aliphatic rings. The lowest BCUT2D eigenvalue weighted by molar-refractivity contribution is 0.0418. The van der Waals surface area contributed by atoms with Gasteiger partial charge in [-0.3, -0.25) is 4.90 Å². The molecule has 0 spiro atoms. The number of hydrogen-bond acceptors (Lipinski definition) is 4. The molecule has 3 rings (SSSR count). The van der Waals surface area contributed by atoms with Crippen molar-refractivity contribution in [3.05, 3.63) is 42.4 Å². The number of benzene rings is 1. The summed E-state index contributed by atoms with van der Waals surface area (Å²) in [4.78, 5) is 6.52. The van der Waals surface area contributed by atoms with Gasteiger partial charge in [0.05, 0.1) is 12.7 Å². The van der Waals surface area contributed by atoms with Gasteiger partial charge in [-0.15, -0.1) is 0 Å². The minimum Gasteiger partial charge on any atom is -0.439 e. The molecular formula is C14H16N2O2. The van der Waals surface area contributed by atoms with E-state index < -0.39 is 0 Å². The van der Waals surface area contributed by atoms with E-state index in [1.807, 2.05) is 30.3 Å². The van der Waals surface area contributed by atoms with Crippen molar-refractivity contribution < 1.29 is 9.52 Å². The van der Waals surface area contributed by atoms with E-state index in [0.29, 0.717) is 5.92 Å². The Kier molecular flexibility index (Phi) is 3.13. The van der Waals surface area contributed by atoms with Crippen LogP contribution in [0.4, 0.5) is 0 Å². The van der Waals surface area contributed by atoms with Crippen LogP contribution >= 0.6 is 0 Å². The lowest BCUT2D eigenvalue weighted by atomic mass is 10.0. The lowest BCUT2D eigenvalue weighted by Gasteiger charge is -2.37. The first-order chi connectivity index (χ1) is 8.85. The van der Waals surface area contributed by atoms with Crippen molar-refractivity contribution >= 4 is 0 Å². The van der Waals surface area contributed by atoms with Gasteiger partial charge >= 0.3 is 0 Å². The molecule has 0 saturated carbocycles. The molecule has 18 heavy (non-hydrogen) atoms. The van der Waals surface area contributed by atoms with Gasteiger partial charge in [0, 0.05) is 31.2 Å². The number of aliphatic hydroxyl groups is 1. The van der Waals surface area contributed by atoms with Crippen molar-refractivity contribution in [2.75, 3.05) is 19.7 Å². The second-order valence-corrected chi connectivity index (χ2v) is 4.73. The van der Waals surface area contributed by atoms with Gasteiger partial charge < -0.3 is 9.52 Å². The Bertz CT molecular complexity index is 504. The Morgan fingerprint density at radius 1 is 1.28 bits per heavy atom. The van der Waals surface area contributed by atoms with Gasteiger partial charge in [0.15, 0.2) is 5.76 Å². The summed E-state index contributed by atoms with van der Waals surface area (Å²) in [5, 5.41) is 8.96. The van der Waals surface area contributed by atoms with Crippen LogP contribution in [-0.4, -0.2) is 34.7 Å². The number of nitrogens with zero attached hydrogens (tertiary/aromatic N) is 2. The van der Waals surface area contributed by atoms with E-state index in [0.717, 1.165) is 36.8 Å². The third-order valence-electron chi connectivity index (χ3n) is 3.26. The molecule has 0 radical (unpaired) electrons. The molecular weight excluding hydrogens is 228 g/mol. The third kappa shape index (κ3) is 2.30. The van der Waals surface area contributed by atoms with Crippen LogP contribution in [0, 0.1) is 5.92 Å². The Morgan fingerprint density at radius 3 is 2.78 bits per heavy atom. The Morgan fingerprint density at radius 2 is 2.06 bits per heavy atom. The predicted molar refractivity (Wildman–Crippen MR) is 67.8 cm³/mol. The van der Waals surface area contributed by atoms with Crippen LogP contribution in [0.2, 0.25) is 0 Å². The maximum absolute atomic E-state index is 8.96. The number of rotatable bonds is 4. The Balaban J connectivity index is 1.64. The molecule has 0 amide bonds. The SMILES string of the molecule is OCC1CN(Cc2ncc(-c3ccccc3)o2)C1. The Hall–Kier alpha value is -1.65. The van der Waals surface area contributed by atoms with Crippen molar-refractivity contribution in [2.45, 2.75) is 6.54 Å². The quantitative estimate of drug-likeness (QED) is 0.890.